The fourth-order valence-electron chi connectivity index (χ4n) is 5.92. The number of nitrogens with zero attached hydrogens (tertiary/aromatic N) is 5. The molecule has 2 saturated heterocycles. The van der Waals surface area contributed by atoms with Gasteiger partial charge < -0.3 is 35.6 Å². The summed E-state index contributed by atoms with van der Waals surface area (Å²) < 4.78 is 38.6. The van der Waals surface area contributed by atoms with Crippen LogP contribution in [0.5, 0.6) is 0 Å². The minimum Gasteiger partial charge on any atom is -0.453 e. The van der Waals surface area contributed by atoms with Gasteiger partial charge in [0.25, 0.3) is 0 Å². The summed E-state index contributed by atoms with van der Waals surface area (Å²) >= 11 is 0. The Morgan fingerprint density at radius 2 is 1.21 bits per heavy atom. The van der Waals surface area contributed by atoms with Crippen LogP contribution >= 0.6 is 0 Å². The van der Waals surface area contributed by atoms with Crippen LogP contribution < -0.4 is 16.4 Å². The van der Waals surface area contributed by atoms with Gasteiger partial charge in [-0.1, -0.05) is 39.1 Å². The molecule has 13 nitrogen and oxygen atoms in total. The molecule has 52 heavy (non-hydrogen) atoms. The molecule has 1 aromatic heterocycles. The Hall–Kier alpha value is -5.02. The van der Waals surface area contributed by atoms with Gasteiger partial charge in [0.15, 0.2) is 11.6 Å². The van der Waals surface area contributed by atoms with Crippen LogP contribution in [0.1, 0.15) is 57.6 Å². The second-order valence-corrected chi connectivity index (χ2v) is 12.1. The number of hydrogen-bond acceptors (Lipinski definition) is 9. The molecule has 2 fully saturated rings. The number of pyridine rings is 1. The number of halogens is 2. The molecule has 2 aliphatic heterocycles. The van der Waals surface area contributed by atoms with E-state index in [1.54, 1.807) is 52.3 Å². The molecule has 3 aromatic rings. The van der Waals surface area contributed by atoms with E-state index in [4.69, 9.17) is 15.2 Å². The summed E-state index contributed by atoms with van der Waals surface area (Å²) in [5.74, 6) is -0.826. The molecule has 5 rings (SSSR count). The molecular formula is C37H54F2N8O5. The largest absolute Gasteiger partial charge is 0.453 e. The Labute approximate surface area is 306 Å². The lowest BCUT2D eigenvalue weighted by atomic mass is 10.0. The molecule has 15 heteroatoms. The summed E-state index contributed by atoms with van der Waals surface area (Å²) in [7, 11) is 2.73. The maximum Gasteiger partial charge on any atom is 0.409 e. The maximum atomic E-state index is 15.1. The van der Waals surface area contributed by atoms with Crippen LogP contribution in [-0.4, -0.2) is 109 Å². The van der Waals surface area contributed by atoms with Crippen LogP contribution in [0.15, 0.2) is 54.7 Å². The zero-order valence-corrected chi connectivity index (χ0v) is 29.1. The summed E-state index contributed by atoms with van der Waals surface area (Å²) in [5, 5.41) is 5.20. The first-order chi connectivity index (χ1) is 23.9. The Balaban J connectivity index is 0.000000373. The van der Waals surface area contributed by atoms with Crippen LogP contribution in [0.2, 0.25) is 0 Å². The predicted molar refractivity (Wildman–Crippen MR) is 200 cm³/mol. The number of nitrogens with two attached hydrogens (primary N) is 1. The molecule has 286 valence electrons. The fourth-order valence-corrected chi connectivity index (χ4v) is 5.92. The monoisotopic (exact) mass is 728 g/mol. The lowest BCUT2D eigenvalue weighted by Crippen LogP contribution is -2.49. The summed E-state index contributed by atoms with van der Waals surface area (Å²) in [4.78, 5) is 46.9. The maximum absolute atomic E-state index is 15.1. The zero-order chi connectivity index (χ0) is 36.4. The second-order valence-electron chi connectivity index (χ2n) is 12.1. The number of nitrogen functional groups attached to an aromatic ring is 1. The van der Waals surface area contributed by atoms with Crippen LogP contribution in [-0.2, 0) is 9.47 Å². The Bertz CT molecular complexity index is 1610. The molecule has 4 amide bonds. The highest BCUT2D eigenvalue weighted by Crippen LogP contribution is 2.29. The first-order valence-corrected chi connectivity index (χ1v) is 16.4. The molecule has 0 saturated carbocycles. The third kappa shape index (κ3) is 11.0. The van der Waals surface area contributed by atoms with E-state index in [-0.39, 0.29) is 56.3 Å². The molecule has 3 heterocycles. The standard InChI is InChI=1S/C21H26FN5O3.C14H20FN3O2.2CH4/c1-14-7-8-16(13-23-14)24-20(28)25-18-6-4-5-17(19(18)22)15(2)26-9-11-27(12-10-26)21(29)30-3;1-10(11-4-3-5-12(16)13(11)15)17-6-8-18(9-7-17)14(19)20-2;;/h4-8,13,15H,9-12H2,1-3H3,(H2,24,25,28);3-5,10H,6-9,16H2,1-2H3;2*1H4/t15-;10-;;/m00../s1. The Morgan fingerprint density at radius 3 is 1.67 bits per heavy atom. The Morgan fingerprint density at radius 1 is 0.731 bits per heavy atom. The molecule has 2 aromatic carbocycles. The highest BCUT2D eigenvalue weighted by Gasteiger charge is 2.28. The van der Waals surface area contributed by atoms with Crippen molar-refractivity contribution in [3.63, 3.8) is 0 Å². The summed E-state index contributed by atoms with van der Waals surface area (Å²) in [5.41, 5.74) is 8.31. The van der Waals surface area contributed by atoms with Crippen molar-refractivity contribution in [2.75, 3.05) is 82.9 Å². The topological polar surface area (TPSA) is 146 Å². The van der Waals surface area contributed by atoms with Gasteiger partial charge in [0, 0.05) is 81.3 Å². The van der Waals surface area contributed by atoms with Crippen molar-refractivity contribution in [1.29, 1.82) is 0 Å². The SMILES string of the molecule is C.C.COC(=O)N1CCN([C@@H](C)c2cccc(N)c2F)CC1.COC(=O)N1CCN([C@@H](C)c2cccc(NC(=O)Nc3ccc(C)nc3)c2F)CC1. The highest BCUT2D eigenvalue weighted by atomic mass is 19.1. The van der Waals surface area contributed by atoms with E-state index in [1.165, 1.54) is 26.5 Å². The van der Waals surface area contributed by atoms with Gasteiger partial charge in [-0.3, -0.25) is 14.8 Å². The minimum absolute atomic E-state index is 0. The fraction of sp³-hybridized carbons (Fsp3) is 0.459. The van der Waals surface area contributed by atoms with Gasteiger partial charge in [-0.05, 0) is 45.0 Å². The zero-order valence-electron chi connectivity index (χ0n) is 29.1. The van der Waals surface area contributed by atoms with E-state index in [2.05, 4.69) is 25.4 Å². The van der Waals surface area contributed by atoms with Crippen LogP contribution in [0.25, 0.3) is 0 Å². The second kappa shape index (κ2) is 20.1. The molecule has 4 N–H and O–H groups in total. The molecule has 0 spiro atoms. The van der Waals surface area contributed by atoms with Crippen molar-refractivity contribution in [3.05, 3.63) is 83.2 Å². The number of rotatable bonds is 6. The third-order valence-corrected chi connectivity index (χ3v) is 8.99. The minimum atomic E-state index is -0.545. The van der Waals surface area contributed by atoms with Crippen molar-refractivity contribution in [3.8, 4) is 0 Å². The van der Waals surface area contributed by atoms with Gasteiger partial charge in [0.05, 0.1) is 37.5 Å². The predicted octanol–water partition coefficient (Wildman–Crippen LogP) is 6.74. The van der Waals surface area contributed by atoms with Crippen molar-refractivity contribution in [1.82, 2.24) is 24.6 Å². The number of urea groups is 1. The van der Waals surface area contributed by atoms with Crippen molar-refractivity contribution < 1.29 is 32.6 Å². The van der Waals surface area contributed by atoms with Gasteiger partial charge in [-0.2, -0.15) is 0 Å². The van der Waals surface area contributed by atoms with Gasteiger partial charge >= 0.3 is 18.2 Å². The normalized spacial score (nSPS) is 15.8. The molecular weight excluding hydrogens is 674 g/mol. The number of benzene rings is 2. The number of piperazine rings is 2. The average Bonchev–Trinajstić information content (AvgIpc) is 3.13. The van der Waals surface area contributed by atoms with Gasteiger partial charge in [0.1, 0.15) is 0 Å². The quantitative estimate of drug-likeness (QED) is 0.235. The number of aromatic nitrogens is 1. The third-order valence-electron chi connectivity index (χ3n) is 8.99. The number of carbonyl (C=O) groups is 3. The molecule has 0 unspecified atom stereocenters. The lowest BCUT2D eigenvalue weighted by Gasteiger charge is -2.37. The Kier molecular flexibility index (Phi) is 16.7. The number of amides is 4. The van der Waals surface area contributed by atoms with E-state index in [1.807, 2.05) is 20.8 Å². The smallest absolute Gasteiger partial charge is 0.409 e. The first-order valence-electron chi connectivity index (χ1n) is 16.4. The number of ether oxygens (including phenoxy) is 2. The number of aryl methyl sites for hydroxylation is 1. The number of anilines is 3. The molecule has 0 bridgehead atoms. The van der Waals surface area contributed by atoms with Crippen molar-refractivity contribution >= 4 is 35.3 Å². The number of hydrogen-bond donors (Lipinski definition) is 3. The molecule has 0 aliphatic carbocycles. The van der Waals surface area contributed by atoms with Crippen LogP contribution in [0, 0.1) is 18.6 Å². The van der Waals surface area contributed by atoms with Crippen molar-refractivity contribution in [2.45, 2.75) is 47.7 Å². The number of nitrogens with one attached hydrogen (secondary N) is 2. The van der Waals surface area contributed by atoms with Crippen molar-refractivity contribution in [2.24, 2.45) is 0 Å². The first kappa shape index (κ1) is 43.1. The number of methoxy groups -OCH3 is 2. The van der Waals surface area contributed by atoms with Gasteiger partial charge in [0.2, 0.25) is 0 Å². The van der Waals surface area contributed by atoms with E-state index < -0.39 is 11.8 Å². The van der Waals surface area contributed by atoms with E-state index in [0.29, 0.717) is 69.2 Å². The lowest BCUT2D eigenvalue weighted by molar-refractivity contribution is 0.0768. The number of carbonyl (C=O) groups excluding carboxylic acids is 3. The molecule has 2 aliphatic rings. The molecule has 2 atom stereocenters. The van der Waals surface area contributed by atoms with E-state index in [9.17, 15) is 18.8 Å². The van der Waals surface area contributed by atoms with Crippen LogP contribution in [0.3, 0.4) is 0 Å². The van der Waals surface area contributed by atoms with E-state index >= 15 is 4.39 Å². The van der Waals surface area contributed by atoms with Gasteiger partial charge in [-0.15, -0.1) is 0 Å². The highest BCUT2D eigenvalue weighted by molar-refractivity contribution is 5.99. The summed E-state index contributed by atoms with van der Waals surface area (Å²) in [6, 6.07) is 12.7. The van der Waals surface area contributed by atoms with Crippen LogP contribution in [0.4, 0.5) is 40.2 Å². The summed E-state index contributed by atoms with van der Waals surface area (Å²) in [6.07, 6.45) is 0.875. The molecule has 0 radical (unpaired) electrons. The average molecular weight is 729 g/mol. The van der Waals surface area contributed by atoms with E-state index in [0.717, 1.165) is 5.69 Å². The summed E-state index contributed by atoms with van der Waals surface area (Å²) in [6.45, 7) is 10.5. The van der Waals surface area contributed by atoms with Gasteiger partial charge in [-0.25, -0.2) is 23.2 Å².